The molecule has 0 radical (unpaired) electrons. The van der Waals surface area contributed by atoms with Crippen LogP contribution in [0.15, 0.2) is 12.3 Å². The van der Waals surface area contributed by atoms with Crippen molar-refractivity contribution in [3.8, 4) is 0 Å². The topological polar surface area (TPSA) is 34.6 Å². The predicted molar refractivity (Wildman–Crippen MR) is 95.8 cm³/mol. The van der Waals surface area contributed by atoms with Gasteiger partial charge in [-0.2, -0.15) is 13.2 Å². The van der Waals surface area contributed by atoms with Crippen LogP contribution in [-0.4, -0.2) is 46.7 Å². The van der Waals surface area contributed by atoms with E-state index >= 15 is 0 Å². The van der Waals surface area contributed by atoms with Crippen LogP contribution in [0.3, 0.4) is 0 Å². The molecular formula is C15H16Br2ClF3N2O2. The Morgan fingerprint density at radius 2 is 1.72 bits per heavy atom. The van der Waals surface area contributed by atoms with E-state index in [0.717, 1.165) is 12.3 Å². The number of hydrogen-bond donors (Lipinski definition) is 0. The summed E-state index contributed by atoms with van der Waals surface area (Å²) in [6.07, 6.45) is -2.46. The molecule has 0 unspecified atom stereocenters. The molecule has 2 fully saturated rings. The summed E-state index contributed by atoms with van der Waals surface area (Å²) in [5, 5.41) is -0.00507. The van der Waals surface area contributed by atoms with E-state index in [9.17, 15) is 13.2 Å². The summed E-state index contributed by atoms with van der Waals surface area (Å²) in [5.74, 6) is -0.307. The lowest BCUT2D eigenvalue weighted by Gasteiger charge is -2.41. The molecule has 140 valence electrons. The highest BCUT2D eigenvalue weighted by Crippen LogP contribution is 2.37. The molecule has 2 aliphatic heterocycles. The summed E-state index contributed by atoms with van der Waals surface area (Å²) in [4.78, 5) is 6.11. The van der Waals surface area contributed by atoms with Crippen molar-refractivity contribution in [2.24, 2.45) is 0 Å². The highest BCUT2D eigenvalue weighted by Gasteiger charge is 2.41. The Kier molecular flexibility index (Phi) is 5.90. The Labute approximate surface area is 165 Å². The largest absolute Gasteiger partial charge is 0.417 e. The monoisotopic (exact) mass is 506 g/mol. The van der Waals surface area contributed by atoms with Crippen LogP contribution in [0.2, 0.25) is 5.02 Å². The van der Waals surface area contributed by atoms with Gasteiger partial charge in [0.2, 0.25) is 0 Å². The van der Waals surface area contributed by atoms with Gasteiger partial charge in [-0.1, -0.05) is 43.5 Å². The number of alkyl halides is 5. The fourth-order valence-corrected chi connectivity index (χ4v) is 3.74. The van der Waals surface area contributed by atoms with Crippen molar-refractivity contribution in [3.63, 3.8) is 0 Å². The predicted octanol–water partition coefficient (Wildman–Crippen LogP) is 4.62. The van der Waals surface area contributed by atoms with Gasteiger partial charge in [0.05, 0.1) is 33.5 Å². The molecule has 2 atom stereocenters. The minimum atomic E-state index is -4.46. The van der Waals surface area contributed by atoms with E-state index in [1.54, 1.807) is 0 Å². The zero-order valence-electron chi connectivity index (χ0n) is 13.0. The molecule has 1 spiro atoms. The summed E-state index contributed by atoms with van der Waals surface area (Å²) in [6.45, 7) is 2.13. The molecule has 0 aromatic carbocycles. The van der Waals surface area contributed by atoms with Crippen molar-refractivity contribution >= 4 is 49.3 Å². The van der Waals surface area contributed by atoms with Crippen molar-refractivity contribution in [2.75, 3.05) is 31.2 Å². The van der Waals surface area contributed by atoms with E-state index in [2.05, 4.69) is 36.8 Å². The van der Waals surface area contributed by atoms with E-state index in [-0.39, 0.29) is 14.7 Å². The number of nitrogens with zero attached hydrogens (tertiary/aromatic N) is 2. The van der Waals surface area contributed by atoms with Crippen molar-refractivity contribution in [1.29, 1.82) is 0 Å². The van der Waals surface area contributed by atoms with E-state index in [4.69, 9.17) is 21.1 Å². The van der Waals surface area contributed by atoms with Gasteiger partial charge in [-0.3, -0.25) is 0 Å². The molecule has 0 aliphatic carbocycles. The summed E-state index contributed by atoms with van der Waals surface area (Å²) in [5.41, 5.74) is -0.850. The van der Waals surface area contributed by atoms with Gasteiger partial charge < -0.3 is 14.4 Å². The molecule has 25 heavy (non-hydrogen) atoms. The van der Waals surface area contributed by atoms with Crippen LogP contribution >= 0.6 is 43.5 Å². The third kappa shape index (κ3) is 4.43. The number of anilines is 1. The lowest BCUT2D eigenvalue weighted by atomic mass is 10.0. The van der Waals surface area contributed by atoms with Crippen LogP contribution < -0.4 is 4.90 Å². The number of halogens is 6. The Hall–Kier alpha value is -0.0900. The second-order valence-corrected chi connectivity index (χ2v) is 8.84. The molecule has 0 N–H and O–H groups in total. The maximum absolute atomic E-state index is 12.7. The van der Waals surface area contributed by atoms with E-state index in [1.165, 1.54) is 0 Å². The van der Waals surface area contributed by atoms with Gasteiger partial charge in [0, 0.05) is 32.1 Å². The van der Waals surface area contributed by atoms with E-state index < -0.39 is 17.5 Å². The van der Waals surface area contributed by atoms with Crippen LogP contribution in [0.4, 0.5) is 19.0 Å². The van der Waals surface area contributed by atoms with Crippen molar-refractivity contribution in [2.45, 2.75) is 34.5 Å². The summed E-state index contributed by atoms with van der Waals surface area (Å²) < 4.78 is 50.1. The molecule has 3 heterocycles. The summed E-state index contributed by atoms with van der Waals surface area (Å²) >= 11 is 13.1. The van der Waals surface area contributed by atoms with E-state index in [1.807, 2.05) is 4.90 Å². The third-order valence-electron chi connectivity index (χ3n) is 4.38. The molecule has 3 rings (SSSR count). The first-order valence-electron chi connectivity index (χ1n) is 7.74. The first kappa shape index (κ1) is 19.7. The van der Waals surface area contributed by atoms with Crippen molar-refractivity contribution < 1.29 is 22.6 Å². The van der Waals surface area contributed by atoms with E-state index in [0.29, 0.717) is 45.0 Å². The fraction of sp³-hybridized carbons (Fsp3) is 0.667. The third-order valence-corrected chi connectivity index (χ3v) is 7.17. The molecule has 0 bridgehead atoms. The van der Waals surface area contributed by atoms with Gasteiger partial charge >= 0.3 is 6.18 Å². The minimum Gasteiger partial charge on any atom is -0.355 e. The van der Waals surface area contributed by atoms with Crippen LogP contribution in [0, 0.1) is 0 Å². The smallest absolute Gasteiger partial charge is 0.355 e. The van der Waals surface area contributed by atoms with Crippen LogP contribution in [0.1, 0.15) is 18.4 Å². The van der Waals surface area contributed by atoms with Gasteiger partial charge in [-0.15, -0.1) is 0 Å². The lowest BCUT2D eigenvalue weighted by Crippen LogP contribution is -2.48. The number of rotatable bonds is 1. The van der Waals surface area contributed by atoms with Gasteiger partial charge in [0.15, 0.2) is 5.79 Å². The molecule has 4 nitrogen and oxygen atoms in total. The lowest BCUT2D eigenvalue weighted by molar-refractivity contribution is -0.234. The highest BCUT2D eigenvalue weighted by atomic mass is 79.9. The average Bonchev–Trinajstić information content (AvgIpc) is 2.70. The first-order chi connectivity index (χ1) is 11.7. The summed E-state index contributed by atoms with van der Waals surface area (Å²) in [7, 11) is 0. The van der Waals surface area contributed by atoms with Crippen LogP contribution in [-0.2, 0) is 15.7 Å². The number of aromatic nitrogens is 1. The zero-order chi connectivity index (χ0) is 18.2. The van der Waals surface area contributed by atoms with Crippen LogP contribution in [0.25, 0.3) is 0 Å². The second kappa shape index (κ2) is 7.50. The maximum Gasteiger partial charge on any atom is 0.417 e. The number of pyridine rings is 1. The van der Waals surface area contributed by atoms with Crippen molar-refractivity contribution in [1.82, 2.24) is 4.98 Å². The molecule has 0 saturated carbocycles. The Bertz CT molecular complexity index is 613. The normalized spacial score (nSPS) is 27.4. The number of ether oxygens (including phenoxy) is 2. The quantitative estimate of drug-likeness (QED) is 0.519. The molecule has 10 heteroatoms. The number of piperidine rings is 1. The fourth-order valence-electron chi connectivity index (χ4n) is 2.88. The molecule has 2 aliphatic rings. The Morgan fingerprint density at radius 1 is 1.16 bits per heavy atom. The van der Waals surface area contributed by atoms with Crippen LogP contribution in [0.5, 0.6) is 0 Å². The standard InChI is InChI=1S/C15H16Br2ClF3N2O2/c16-10-7-24-14(25-8-11(10)17)1-3-23(4-2-14)13-12(18)5-9(6-22-13)15(19,20)21/h5-6,10-11H,1-4,7-8H2/t10-,11-/m0/s1. The summed E-state index contributed by atoms with van der Waals surface area (Å²) in [6, 6.07) is 0.914. The first-order valence-corrected chi connectivity index (χ1v) is 9.95. The molecule has 1 aromatic rings. The molecule has 2 saturated heterocycles. The molecule has 1 aromatic heterocycles. The maximum atomic E-state index is 12.7. The second-order valence-electron chi connectivity index (χ2n) is 6.08. The average molecular weight is 509 g/mol. The Balaban J connectivity index is 1.68. The van der Waals surface area contributed by atoms with Gasteiger partial charge in [-0.25, -0.2) is 4.98 Å². The molecular weight excluding hydrogens is 492 g/mol. The molecule has 0 amide bonds. The highest BCUT2D eigenvalue weighted by molar-refractivity contribution is 9.12. The number of hydrogen-bond acceptors (Lipinski definition) is 4. The zero-order valence-corrected chi connectivity index (χ0v) is 17.0. The van der Waals surface area contributed by atoms with Gasteiger partial charge in [0.1, 0.15) is 5.82 Å². The minimum absolute atomic E-state index is 0.00507. The van der Waals surface area contributed by atoms with Crippen molar-refractivity contribution in [3.05, 3.63) is 22.8 Å². The van der Waals surface area contributed by atoms with Gasteiger partial charge in [-0.05, 0) is 6.07 Å². The Morgan fingerprint density at radius 3 is 2.20 bits per heavy atom. The SMILES string of the molecule is FC(F)(F)c1cnc(N2CCC3(CC2)OC[C@H](Br)[C@@H](Br)CO3)c(Cl)c1. The van der Waals surface area contributed by atoms with Gasteiger partial charge in [0.25, 0.3) is 0 Å².